The topological polar surface area (TPSA) is 42.1 Å². The van der Waals surface area contributed by atoms with Crippen molar-refractivity contribution in [1.82, 2.24) is 4.98 Å². The van der Waals surface area contributed by atoms with Gasteiger partial charge in [0.05, 0.1) is 12.2 Å². The van der Waals surface area contributed by atoms with E-state index >= 15 is 0 Å². The molecule has 3 nitrogen and oxygen atoms in total. The first kappa shape index (κ1) is 9.06. The van der Waals surface area contributed by atoms with Gasteiger partial charge in [-0.25, -0.2) is 0 Å². The highest BCUT2D eigenvalue weighted by Gasteiger charge is 2.17. The van der Waals surface area contributed by atoms with Gasteiger partial charge in [0.25, 0.3) is 5.56 Å². The Morgan fingerprint density at radius 3 is 2.79 bits per heavy atom. The number of aromatic amines is 1. The fraction of sp³-hybridized carbons (Fsp3) is 0.364. The van der Waals surface area contributed by atoms with Crippen molar-refractivity contribution in [3.05, 3.63) is 26.5 Å². The molecule has 14 heavy (non-hydrogen) atoms. The Morgan fingerprint density at radius 2 is 2.14 bits per heavy atom. The van der Waals surface area contributed by atoms with Gasteiger partial charge in [-0.05, 0) is 13.8 Å². The van der Waals surface area contributed by atoms with E-state index in [0.29, 0.717) is 6.61 Å². The molecule has 0 fully saturated rings. The minimum absolute atomic E-state index is 0.0174. The Hall–Kier alpha value is -1.51. The highest BCUT2D eigenvalue weighted by atomic mass is 16.5. The molecule has 2 heterocycles. The van der Waals surface area contributed by atoms with Crippen molar-refractivity contribution >= 4 is 12.2 Å². The van der Waals surface area contributed by atoms with Crippen LogP contribution in [-0.2, 0) is 6.42 Å². The van der Waals surface area contributed by atoms with E-state index in [2.05, 4.69) is 4.98 Å². The van der Waals surface area contributed by atoms with Crippen LogP contribution in [0.1, 0.15) is 19.4 Å². The highest BCUT2D eigenvalue weighted by Crippen LogP contribution is 2.14. The van der Waals surface area contributed by atoms with Gasteiger partial charge in [0.2, 0.25) is 0 Å². The van der Waals surface area contributed by atoms with E-state index in [1.807, 2.05) is 26.0 Å². The van der Waals surface area contributed by atoms with Crippen molar-refractivity contribution in [3.8, 4) is 5.75 Å². The van der Waals surface area contributed by atoms with Crippen molar-refractivity contribution in [2.75, 3.05) is 6.61 Å². The minimum Gasteiger partial charge on any atom is -0.492 e. The second kappa shape index (κ2) is 3.33. The molecule has 0 spiro atoms. The fourth-order valence-electron chi connectivity index (χ4n) is 1.81. The summed E-state index contributed by atoms with van der Waals surface area (Å²) in [5.74, 6) is 0.768. The van der Waals surface area contributed by atoms with E-state index in [1.165, 1.54) is 0 Å². The SMILES string of the molecule is C/C=c1/[nH]c(=O)c2c(/c1=C/C)OCC2. The lowest BCUT2D eigenvalue weighted by molar-refractivity contribution is 0.354. The minimum atomic E-state index is -0.0174. The molecule has 74 valence electrons. The molecule has 3 heteroatoms. The number of fused-ring (bicyclic) bond motifs is 1. The van der Waals surface area contributed by atoms with Crippen LogP contribution in [0.15, 0.2) is 4.79 Å². The largest absolute Gasteiger partial charge is 0.492 e. The summed E-state index contributed by atoms with van der Waals surface area (Å²) in [5, 5.41) is 1.85. The van der Waals surface area contributed by atoms with E-state index in [4.69, 9.17) is 4.74 Å². The van der Waals surface area contributed by atoms with Gasteiger partial charge in [-0.15, -0.1) is 0 Å². The summed E-state index contributed by atoms with van der Waals surface area (Å²) in [6, 6.07) is 0. The molecule has 0 aliphatic carbocycles. The number of hydrogen-bond donors (Lipinski definition) is 1. The predicted octanol–water partition coefficient (Wildman–Crippen LogP) is -0.0894. The molecule has 2 rings (SSSR count). The number of pyridine rings is 1. The third kappa shape index (κ3) is 1.16. The molecule has 0 unspecified atom stereocenters. The Kier molecular flexibility index (Phi) is 2.15. The average molecular weight is 191 g/mol. The highest BCUT2D eigenvalue weighted by molar-refractivity contribution is 5.42. The molecule has 0 aromatic carbocycles. The Balaban J connectivity index is 2.97. The zero-order chi connectivity index (χ0) is 10.1. The Bertz CT molecular complexity index is 525. The van der Waals surface area contributed by atoms with Crippen LogP contribution < -0.4 is 20.9 Å². The maximum absolute atomic E-state index is 11.6. The maximum Gasteiger partial charge on any atom is 0.255 e. The van der Waals surface area contributed by atoms with Gasteiger partial charge in [0.15, 0.2) is 0 Å². The summed E-state index contributed by atoms with van der Waals surface area (Å²) in [5.41, 5.74) is 0.764. The lowest BCUT2D eigenvalue weighted by Gasteiger charge is -1.99. The van der Waals surface area contributed by atoms with Gasteiger partial charge >= 0.3 is 0 Å². The average Bonchev–Trinajstić information content (AvgIpc) is 2.66. The van der Waals surface area contributed by atoms with Crippen molar-refractivity contribution in [2.45, 2.75) is 20.3 Å². The number of hydrogen-bond acceptors (Lipinski definition) is 2. The summed E-state index contributed by atoms with van der Waals surface area (Å²) in [6.45, 7) is 4.47. The number of aromatic nitrogens is 1. The van der Waals surface area contributed by atoms with Gasteiger partial charge in [-0.3, -0.25) is 4.79 Å². The van der Waals surface area contributed by atoms with Gasteiger partial charge < -0.3 is 9.72 Å². The number of ether oxygens (including phenoxy) is 1. The van der Waals surface area contributed by atoms with E-state index in [1.54, 1.807) is 0 Å². The summed E-state index contributed by atoms with van der Waals surface area (Å²) in [7, 11) is 0. The molecule has 0 saturated carbocycles. The molecule has 0 radical (unpaired) electrons. The van der Waals surface area contributed by atoms with Gasteiger partial charge in [-0.1, -0.05) is 12.2 Å². The molecule has 0 saturated heterocycles. The Labute approximate surface area is 81.7 Å². The molecular weight excluding hydrogens is 178 g/mol. The first-order valence-corrected chi connectivity index (χ1v) is 4.78. The standard InChI is InChI=1S/C11H13NO2/c1-3-7-9(4-2)12-11(13)8-5-6-14-10(7)8/h3-4H,5-6H2,1-2H3,(H,12,13)/b7-3+,9-4+. The molecule has 1 aliphatic heterocycles. The summed E-state index contributed by atoms with van der Waals surface area (Å²) in [4.78, 5) is 14.4. The number of rotatable bonds is 0. The molecule has 0 bridgehead atoms. The zero-order valence-electron chi connectivity index (χ0n) is 8.39. The van der Waals surface area contributed by atoms with E-state index in [-0.39, 0.29) is 5.56 Å². The van der Waals surface area contributed by atoms with Crippen molar-refractivity contribution in [2.24, 2.45) is 0 Å². The number of nitrogens with one attached hydrogen (secondary N) is 1. The molecular formula is C11H13NO2. The van der Waals surface area contributed by atoms with E-state index in [9.17, 15) is 4.79 Å². The third-order valence-corrected chi connectivity index (χ3v) is 2.51. The van der Waals surface area contributed by atoms with Gasteiger partial charge in [0, 0.05) is 17.0 Å². The van der Waals surface area contributed by atoms with Crippen LogP contribution >= 0.6 is 0 Å². The quantitative estimate of drug-likeness (QED) is 0.622. The van der Waals surface area contributed by atoms with Gasteiger partial charge in [0.1, 0.15) is 5.75 Å². The van der Waals surface area contributed by atoms with Crippen LogP contribution in [-0.4, -0.2) is 11.6 Å². The lowest BCUT2D eigenvalue weighted by Crippen LogP contribution is -2.35. The molecule has 0 atom stereocenters. The van der Waals surface area contributed by atoms with Gasteiger partial charge in [-0.2, -0.15) is 0 Å². The monoisotopic (exact) mass is 191 g/mol. The molecule has 1 aromatic rings. The smallest absolute Gasteiger partial charge is 0.255 e. The van der Waals surface area contributed by atoms with Crippen LogP contribution in [0.2, 0.25) is 0 Å². The number of H-pyrrole nitrogens is 1. The fourth-order valence-corrected chi connectivity index (χ4v) is 1.81. The van der Waals surface area contributed by atoms with Crippen LogP contribution in [0.25, 0.3) is 12.2 Å². The van der Waals surface area contributed by atoms with Crippen LogP contribution in [0.3, 0.4) is 0 Å². The van der Waals surface area contributed by atoms with Crippen LogP contribution in [0.5, 0.6) is 5.75 Å². The third-order valence-electron chi connectivity index (χ3n) is 2.51. The second-order valence-corrected chi connectivity index (χ2v) is 3.26. The summed E-state index contributed by atoms with van der Waals surface area (Å²) >= 11 is 0. The van der Waals surface area contributed by atoms with Crippen molar-refractivity contribution in [3.63, 3.8) is 0 Å². The predicted molar refractivity (Wildman–Crippen MR) is 55.8 cm³/mol. The Morgan fingerprint density at radius 1 is 1.36 bits per heavy atom. The molecule has 0 amide bonds. The van der Waals surface area contributed by atoms with E-state index < -0.39 is 0 Å². The van der Waals surface area contributed by atoms with Crippen LogP contribution in [0, 0.1) is 0 Å². The maximum atomic E-state index is 11.6. The first-order chi connectivity index (χ1) is 6.77. The summed E-state index contributed by atoms with van der Waals surface area (Å²) in [6.07, 6.45) is 4.57. The lowest BCUT2D eigenvalue weighted by atomic mass is 10.2. The normalized spacial score (nSPS) is 17.0. The van der Waals surface area contributed by atoms with E-state index in [0.717, 1.165) is 28.3 Å². The molecule has 1 N–H and O–H groups in total. The van der Waals surface area contributed by atoms with Crippen molar-refractivity contribution < 1.29 is 4.74 Å². The van der Waals surface area contributed by atoms with Crippen molar-refractivity contribution in [1.29, 1.82) is 0 Å². The molecule has 1 aliphatic rings. The first-order valence-electron chi connectivity index (χ1n) is 4.78. The summed E-state index contributed by atoms with van der Waals surface area (Å²) < 4.78 is 5.47. The zero-order valence-corrected chi connectivity index (χ0v) is 8.39. The van der Waals surface area contributed by atoms with Crippen LogP contribution in [0.4, 0.5) is 0 Å². The molecule has 1 aromatic heterocycles. The second-order valence-electron chi connectivity index (χ2n) is 3.26.